The van der Waals surface area contributed by atoms with Crippen LogP contribution in [0.5, 0.6) is 0 Å². The minimum atomic E-state index is -0.897. The van der Waals surface area contributed by atoms with Crippen molar-refractivity contribution in [1.82, 2.24) is 5.32 Å². The van der Waals surface area contributed by atoms with Gasteiger partial charge < -0.3 is 10.4 Å². The molecule has 2 N–H and O–H groups in total. The number of aliphatic carboxylic acids is 1. The van der Waals surface area contributed by atoms with Crippen LogP contribution < -0.4 is 5.32 Å². The lowest BCUT2D eigenvalue weighted by atomic mass is 10.1. The number of carbonyl (C=O) groups excluding carboxylic acids is 1. The first-order chi connectivity index (χ1) is 5.43. The molecule has 1 atom stereocenters. The average molecular weight is 173 g/mol. The summed E-state index contributed by atoms with van der Waals surface area (Å²) in [6.07, 6.45) is -0.0293. The molecule has 0 rings (SSSR count). The van der Waals surface area contributed by atoms with Gasteiger partial charge in [-0.1, -0.05) is 13.8 Å². The van der Waals surface area contributed by atoms with Gasteiger partial charge in [-0.2, -0.15) is 0 Å². The summed E-state index contributed by atoms with van der Waals surface area (Å²) < 4.78 is 0. The van der Waals surface area contributed by atoms with Crippen LogP contribution in [0.1, 0.15) is 27.2 Å². The fraction of sp³-hybridized carbons (Fsp3) is 0.750. The number of hydrogen-bond donors (Lipinski definition) is 2. The Morgan fingerprint density at radius 3 is 2.17 bits per heavy atom. The van der Waals surface area contributed by atoms with Gasteiger partial charge in [-0.15, -0.1) is 0 Å². The summed E-state index contributed by atoms with van der Waals surface area (Å²) in [5, 5.41) is 11.0. The van der Waals surface area contributed by atoms with Crippen molar-refractivity contribution in [1.29, 1.82) is 0 Å². The average Bonchev–Trinajstić information content (AvgIpc) is 1.84. The van der Waals surface area contributed by atoms with E-state index in [2.05, 4.69) is 5.32 Å². The van der Waals surface area contributed by atoms with Gasteiger partial charge in [0, 0.05) is 12.0 Å². The van der Waals surface area contributed by atoms with E-state index in [1.165, 1.54) is 0 Å². The molecule has 0 heterocycles. The molecule has 0 bridgehead atoms. The summed E-state index contributed by atoms with van der Waals surface area (Å²) in [4.78, 5) is 21.2. The number of carboxylic acids is 1. The second kappa shape index (κ2) is 4.74. The summed E-state index contributed by atoms with van der Waals surface area (Å²) in [5.41, 5.74) is 0. The first-order valence-corrected chi connectivity index (χ1v) is 3.95. The molecule has 0 fully saturated rings. The topological polar surface area (TPSA) is 66.4 Å². The van der Waals surface area contributed by atoms with Crippen LogP contribution in [-0.2, 0) is 9.59 Å². The highest BCUT2D eigenvalue weighted by Crippen LogP contribution is 1.95. The minimum absolute atomic E-state index is 0.0293. The molecule has 0 radical (unpaired) electrons. The van der Waals surface area contributed by atoms with Crippen LogP contribution in [0.25, 0.3) is 0 Å². The van der Waals surface area contributed by atoms with Crippen LogP contribution in [0.4, 0.5) is 0 Å². The van der Waals surface area contributed by atoms with E-state index >= 15 is 0 Å². The smallest absolute Gasteiger partial charge is 0.305 e. The van der Waals surface area contributed by atoms with E-state index in [9.17, 15) is 9.59 Å². The molecule has 0 aromatic heterocycles. The van der Waals surface area contributed by atoms with E-state index in [0.29, 0.717) is 0 Å². The lowest BCUT2D eigenvalue weighted by Crippen LogP contribution is -2.36. The largest absolute Gasteiger partial charge is 0.481 e. The Kier molecular flexibility index (Phi) is 4.33. The fourth-order valence-electron chi connectivity index (χ4n) is 0.722. The Balaban J connectivity index is 3.76. The summed E-state index contributed by atoms with van der Waals surface area (Å²) in [6.45, 7) is 5.21. The minimum Gasteiger partial charge on any atom is -0.481 e. The second-order valence-electron chi connectivity index (χ2n) is 3.16. The molecule has 0 saturated heterocycles. The first-order valence-electron chi connectivity index (χ1n) is 3.95. The van der Waals surface area contributed by atoms with Crippen molar-refractivity contribution < 1.29 is 14.7 Å². The molecule has 0 aliphatic carbocycles. The Hall–Kier alpha value is -1.06. The SMILES string of the molecule is CC(CC(=O)O)NC(=O)C(C)C. The summed E-state index contributed by atoms with van der Waals surface area (Å²) in [7, 11) is 0. The lowest BCUT2D eigenvalue weighted by Gasteiger charge is -2.12. The zero-order valence-corrected chi connectivity index (χ0v) is 7.63. The van der Waals surface area contributed by atoms with E-state index in [-0.39, 0.29) is 24.3 Å². The third-order valence-electron chi connectivity index (χ3n) is 1.39. The summed E-state index contributed by atoms with van der Waals surface area (Å²) >= 11 is 0. The fourth-order valence-corrected chi connectivity index (χ4v) is 0.722. The maximum Gasteiger partial charge on any atom is 0.305 e. The molecule has 0 aliphatic heterocycles. The molecule has 1 unspecified atom stereocenters. The van der Waals surface area contributed by atoms with Gasteiger partial charge in [0.15, 0.2) is 0 Å². The molecule has 4 heteroatoms. The molecular formula is C8H15NO3. The van der Waals surface area contributed by atoms with Crippen molar-refractivity contribution in [2.24, 2.45) is 5.92 Å². The lowest BCUT2D eigenvalue weighted by molar-refractivity contribution is -0.137. The van der Waals surface area contributed by atoms with Gasteiger partial charge in [0.25, 0.3) is 0 Å². The number of amides is 1. The van der Waals surface area contributed by atoms with E-state index in [1.54, 1.807) is 20.8 Å². The van der Waals surface area contributed by atoms with Crippen molar-refractivity contribution in [2.75, 3.05) is 0 Å². The van der Waals surface area contributed by atoms with Gasteiger partial charge in [0.2, 0.25) is 5.91 Å². The standard InChI is InChI=1S/C8H15NO3/c1-5(2)8(12)9-6(3)4-7(10)11/h5-6H,4H2,1-3H3,(H,9,12)(H,10,11). The van der Waals surface area contributed by atoms with E-state index in [4.69, 9.17) is 5.11 Å². The Bertz CT molecular complexity index is 177. The maximum atomic E-state index is 11.0. The van der Waals surface area contributed by atoms with Gasteiger partial charge in [-0.05, 0) is 6.92 Å². The Labute approximate surface area is 72.0 Å². The molecule has 1 amide bonds. The highest BCUT2D eigenvalue weighted by atomic mass is 16.4. The predicted molar refractivity (Wildman–Crippen MR) is 44.7 cm³/mol. The van der Waals surface area contributed by atoms with Gasteiger partial charge in [0.1, 0.15) is 0 Å². The van der Waals surface area contributed by atoms with Crippen molar-refractivity contribution in [2.45, 2.75) is 33.2 Å². The van der Waals surface area contributed by atoms with Crippen LogP contribution in [0.2, 0.25) is 0 Å². The predicted octanol–water partition coefficient (Wildman–Crippen LogP) is 0.622. The number of nitrogens with one attached hydrogen (secondary N) is 1. The zero-order valence-electron chi connectivity index (χ0n) is 7.63. The van der Waals surface area contributed by atoms with Gasteiger partial charge in [-0.25, -0.2) is 0 Å². The molecule has 0 aromatic carbocycles. The van der Waals surface area contributed by atoms with Gasteiger partial charge >= 0.3 is 5.97 Å². The van der Waals surface area contributed by atoms with Crippen molar-refractivity contribution in [3.05, 3.63) is 0 Å². The maximum absolute atomic E-state index is 11.0. The van der Waals surface area contributed by atoms with Crippen molar-refractivity contribution in [3.63, 3.8) is 0 Å². The highest BCUT2D eigenvalue weighted by molar-refractivity contribution is 5.79. The van der Waals surface area contributed by atoms with E-state index in [1.807, 2.05) is 0 Å². The third-order valence-corrected chi connectivity index (χ3v) is 1.39. The van der Waals surface area contributed by atoms with Crippen LogP contribution in [-0.4, -0.2) is 23.0 Å². The molecule has 12 heavy (non-hydrogen) atoms. The quantitative estimate of drug-likeness (QED) is 0.655. The zero-order chi connectivity index (χ0) is 9.72. The van der Waals surface area contributed by atoms with Crippen LogP contribution in [0.3, 0.4) is 0 Å². The number of rotatable bonds is 4. The van der Waals surface area contributed by atoms with E-state index < -0.39 is 5.97 Å². The molecular weight excluding hydrogens is 158 g/mol. The van der Waals surface area contributed by atoms with Crippen LogP contribution in [0, 0.1) is 5.92 Å². The van der Waals surface area contributed by atoms with Gasteiger partial charge in [-0.3, -0.25) is 9.59 Å². The molecule has 0 aliphatic rings. The van der Waals surface area contributed by atoms with Gasteiger partial charge in [0.05, 0.1) is 6.42 Å². The normalized spacial score (nSPS) is 12.7. The Morgan fingerprint density at radius 2 is 1.83 bits per heavy atom. The summed E-state index contributed by atoms with van der Waals surface area (Å²) in [6, 6.07) is -0.294. The third kappa shape index (κ3) is 4.71. The Morgan fingerprint density at radius 1 is 1.33 bits per heavy atom. The first kappa shape index (κ1) is 10.9. The monoisotopic (exact) mass is 173 g/mol. The number of hydrogen-bond acceptors (Lipinski definition) is 2. The van der Waals surface area contributed by atoms with Crippen LogP contribution >= 0.6 is 0 Å². The molecule has 0 saturated carbocycles. The van der Waals surface area contributed by atoms with Crippen molar-refractivity contribution >= 4 is 11.9 Å². The number of carbonyl (C=O) groups is 2. The second-order valence-corrected chi connectivity index (χ2v) is 3.16. The van der Waals surface area contributed by atoms with E-state index in [0.717, 1.165) is 0 Å². The molecule has 0 aromatic rings. The van der Waals surface area contributed by atoms with Crippen LogP contribution in [0.15, 0.2) is 0 Å². The van der Waals surface area contributed by atoms with Crippen molar-refractivity contribution in [3.8, 4) is 0 Å². The molecule has 70 valence electrons. The molecule has 0 spiro atoms. The summed E-state index contributed by atoms with van der Waals surface area (Å²) in [5.74, 6) is -1.10. The molecule has 4 nitrogen and oxygen atoms in total. The highest BCUT2D eigenvalue weighted by Gasteiger charge is 2.12. The number of carboxylic acid groups (broad SMARTS) is 1.